The van der Waals surface area contributed by atoms with E-state index in [1.165, 1.54) is 9.91 Å². The smallest absolute Gasteiger partial charge is 0.334 e. The molecular formula is C28H33N5O5. The van der Waals surface area contributed by atoms with E-state index in [4.69, 9.17) is 11.2 Å². The fourth-order valence-electron chi connectivity index (χ4n) is 4.95. The fraction of sp³-hybridized carbons (Fsp3) is 0.393. The number of fused-ring (bicyclic) bond motifs is 1. The summed E-state index contributed by atoms with van der Waals surface area (Å²) >= 11 is 0. The number of benzene rings is 2. The van der Waals surface area contributed by atoms with Crippen molar-refractivity contribution < 1.29 is 24.2 Å². The van der Waals surface area contributed by atoms with Crippen molar-refractivity contribution in [1.29, 1.82) is 0 Å². The van der Waals surface area contributed by atoms with Crippen molar-refractivity contribution >= 4 is 17.8 Å². The number of ether oxygens (including phenoxy) is 1. The summed E-state index contributed by atoms with van der Waals surface area (Å²) in [5, 5.41) is 15.7. The third-order valence-corrected chi connectivity index (χ3v) is 6.74. The van der Waals surface area contributed by atoms with Crippen LogP contribution in [-0.4, -0.2) is 94.9 Å². The van der Waals surface area contributed by atoms with E-state index in [9.17, 15) is 19.5 Å². The van der Waals surface area contributed by atoms with Crippen molar-refractivity contribution in [3.8, 4) is 18.1 Å². The van der Waals surface area contributed by atoms with Crippen LogP contribution in [0.25, 0.3) is 0 Å². The Labute approximate surface area is 222 Å². The van der Waals surface area contributed by atoms with Gasteiger partial charge in [-0.05, 0) is 29.7 Å². The zero-order chi connectivity index (χ0) is 27.1. The van der Waals surface area contributed by atoms with E-state index >= 15 is 0 Å². The van der Waals surface area contributed by atoms with Crippen LogP contribution in [0.3, 0.4) is 0 Å². The van der Waals surface area contributed by atoms with Gasteiger partial charge in [0.05, 0.1) is 19.6 Å². The number of phenolic OH excluding ortho intramolecular Hbond substituents is 1. The van der Waals surface area contributed by atoms with Crippen molar-refractivity contribution in [2.45, 2.75) is 31.6 Å². The molecule has 200 valence electrons. The van der Waals surface area contributed by atoms with Gasteiger partial charge >= 0.3 is 6.03 Å². The molecule has 4 rings (SSSR count). The van der Waals surface area contributed by atoms with Gasteiger partial charge in [0, 0.05) is 33.2 Å². The first-order chi connectivity index (χ1) is 18.4. The van der Waals surface area contributed by atoms with E-state index in [1.807, 2.05) is 30.3 Å². The van der Waals surface area contributed by atoms with Crippen molar-refractivity contribution in [2.24, 2.45) is 0 Å². The van der Waals surface area contributed by atoms with E-state index in [1.54, 1.807) is 41.3 Å². The Morgan fingerprint density at radius 2 is 1.87 bits per heavy atom. The van der Waals surface area contributed by atoms with E-state index < -0.39 is 18.2 Å². The molecule has 2 saturated heterocycles. The summed E-state index contributed by atoms with van der Waals surface area (Å²) in [7, 11) is 1.60. The normalized spacial score (nSPS) is 19.7. The number of carbonyl (C=O) groups is 3. The summed E-state index contributed by atoms with van der Waals surface area (Å²) in [4.78, 5) is 43.9. The van der Waals surface area contributed by atoms with Gasteiger partial charge in [0.2, 0.25) is 11.8 Å². The summed E-state index contributed by atoms with van der Waals surface area (Å²) in [5.74, 6) is 2.20. The Morgan fingerprint density at radius 1 is 1.13 bits per heavy atom. The fourth-order valence-corrected chi connectivity index (χ4v) is 4.95. The molecular weight excluding hydrogens is 486 g/mol. The molecule has 10 nitrogen and oxygen atoms in total. The number of piperazine rings is 1. The molecule has 2 aromatic carbocycles. The second kappa shape index (κ2) is 12.4. The minimum Gasteiger partial charge on any atom is -0.508 e. The lowest BCUT2D eigenvalue weighted by Gasteiger charge is -2.55. The average Bonchev–Trinajstić information content (AvgIpc) is 2.91. The molecule has 0 bridgehead atoms. The van der Waals surface area contributed by atoms with Crippen LogP contribution in [-0.2, 0) is 27.3 Å². The molecule has 2 fully saturated rings. The number of urea groups is 1. The first kappa shape index (κ1) is 27.0. The highest BCUT2D eigenvalue weighted by Gasteiger charge is 2.51. The van der Waals surface area contributed by atoms with Crippen LogP contribution in [0.1, 0.15) is 17.5 Å². The Bertz CT molecular complexity index is 1170. The number of aromatic hydroxyl groups is 1. The molecule has 0 aliphatic carbocycles. The second-order valence-electron chi connectivity index (χ2n) is 9.31. The highest BCUT2D eigenvalue weighted by molar-refractivity contribution is 5.91. The predicted molar refractivity (Wildman–Crippen MR) is 140 cm³/mol. The van der Waals surface area contributed by atoms with Crippen LogP contribution in [0.4, 0.5) is 4.79 Å². The van der Waals surface area contributed by atoms with Crippen LogP contribution < -0.4 is 5.32 Å². The van der Waals surface area contributed by atoms with Gasteiger partial charge in [0.1, 0.15) is 18.0 Å². The summed E-state index contributed by atoms with van der Waals surface area (Å²) in [6, 6.07) is 14.9. The Kier molecular flexibility index (Phi) is 8.84. The van der Waals surface area contributed by atoms with Gasteiger partial charge in [0.15, 0.2) is 0 Å². The van der Waals surface area contributed by atoms with Crippen molar-refractivity contribution in [3.05, 3.63) is 65.7 Å². The molecule has 2 N–H and O–H groups in total. The van der Waals surface area contributed by atoms with E-state index in [0.29, 0.717) is 26.1 Å². The molecule has 0 aromatic heterocycles. The highest BCUT2D eigenvalue weighted by atomic mass is 16.5. The van der Waals surface area contributed by atoms with E-state index in [2.05, 4.69) is 11.2 Å². The van der Waals surface area contributed by atoms with Crippen LogP contribution in [0.15, 0.2) is 54.6 Å². The summed E-state index contributed by atoms with van der Waals surface area (Å²) < 4.78 is 5.18. The molecule has 0 saturated carbocycles. The van der Waals surface area contributed by atoms with Gasteiger partial charge in [-0.15, -0.1) is 6.42 Å². The van der Waals surface area contributed by atoms with Gasteiger partial charge < -0.3 is 25.0 Å². The van der Waals surface area contributed by atoms with Crippen LogP contribution in [0.2, 0.25) is 0 Å². The lowest BCUT2D eigenvalue weighted by molar-refractivity contribution is -0.188. The number of methoxy groups -OCH3 is 1. The third kappa shape index (κ3) is 6.07. The van der Waals surface area contributed by atoms with Crippen molar-refractivity contribution in [2.75, 3.05) is 39.9 Å². The number of rotatable bonds is 9. The SMILES string of the molecule is C#CCN1CC(=O)N2C(Cc3ccc(O)cc3)C(=O)N(CCCOC)C[C@@H]2N1C(=O)NCc1ccccc1. The minimum atomic E-state index is -0.814. The third-order valence-electron chi connectivity index (χ3n) is 6.74. The number of amides is 4. The van der Waals surface area contributed by atoms with Gasteiger partial charge in [-0.1, -0.05) is 48.4 Å². The predicted octanol–water partition coefficient (Wildman–Crippen LogP) is 1.41. The van der Waals surface area contributed by atoms with Crippen molar-refractivity contribution in [3.63, 3.8) is 0 Å². The number of hydrogen-bond acceptors (Lipinski definition) is 6. The first-order valence-electron chi connectivity index (χ1n) is 12.6. The molecule has 1 unspecified atom stereocenters. The Balaban J connectivity index is 1.65. The first-order valence-corrected chi connectivity index (χ1v) is 12.6. The number of terminal acetylenes is 1. The zero-order valence-corrected chi connectivity index (χ0v) is 21.5. The number of hydrogen-bond donors (Lipinski definition) is 2. The maximum Gasteiger partial charge on any atom is 0.334 e. The van der Waals surface area contributed by atoms with Crippen LogP contribution >= 0.6 is 0 Å². The number of hydrazine groups is 1. The summed E-state index contributed by atoms with van der Waals surface area (Å²) in [5.41, 5.74) is 1.72. The maximum absolute atomic E-state index is 13.7. The number of nitrogens with one attached hydrogen (secondary N) is 1. The molecule has 10 heteroatoms. The van der Waals surface area contributed by atoms with Crippen molar-refractivity contribution in [1.82, 2.24) is 25.1 Å². The molecule has 2 aromatic rings. The molecule has 2 aliphatic heterocycles. The standard InChI is InChI=1S/C28H33N5O5/c1-3-14-31-20-26(35)32-24(17-21-10-12-23(34)13-11-21)27(36)30(15-7-16-38-2)19-25(32)33(31)28(37)29-18-22-8-5-4-6-9-22/h1,4-6,8-13,24-25,34H,7,14-20H2,2H3,(H,29,37)/t24?,25-/m0/s1. The molecule has 38 heavy (non-hydrogen) atoms. The van der Waals surface area contributed by atoms with Gasteiger partial charge in [-0.2, -0.15) is 5.01 Å². The number of carbonyl (C=O) groups excluding carboxylic acids is 3. The Hall–Kier alpha value is -4.07. The van der Waals surface area contributed by atoms with Gasteiger partial charge in [-0.3, -0.25) is 9.59 Å². The van der Waals surface area contributed by atoms with Gasteiger partial charge in [-0.25, -0.2) is 9.80 Å². The molecule has 2 atom stereocenters. The number of phenols is 1. The second-order valence-corrected chi connectivity index (χ2v) is 9.31. The molecule has 0 radical (unpaired) electrons. The average molecular weight is 520 g/mol. The lowest BCUT2D eigenvalue weighted by Crippen LogP contribution is -2.76. The quantitative estimate of drug-likeness (QED) is 0.384. The monoisotopic (exact) mass is 519 g/mol. The summed E-state index contributed by atoms with van der Waals surface area (Å²) in [6.45, 7) is 1.29. The molecule has 2 aliphatic rings. The Morgan fingerprint density at radius 3 is 2.55 bits per heavy atom. The highest BCUT2D eigenvalue weighted by Crippen LogP contribution is 2.28. The molecule has 4 amide bonds. The summed E-state index contributed by atoms with van der Waals surface area (Å²) in [6.07, 6.45) is 5.73. The van der Waals surface area contributed by atoms with E-state index in [-0.39, 0.29) is 43.6 Å². The molecule has 2 heterocycles. The topological polar surface area (TPSA) is 106 Å². The largest absolute Gasteiger partial charge is 0.508 e. The van der Waals surface area contributed by atoms with Crippen LogP contribution in [0, 0.1) is 12.3 Å². The maximum atomic E-state index is 13.7. The lowest BCUT2D eigenvalue weighted by atomic mass is 9.98. The zero-order valence-electron chi connectivity index (χ0n) is 21.5. The minimum absolute atomic E-state index is 0.0646. The van der Waals surface area contributed by atoms with Gasteiger partial charge in [0.25, 0.3) is 0 Å². The van der Waals surface area contributed by atoms with E-state index in [0.717, 1.165) is 11.1 Å². The van der Waals surface area contributed by atoms with Crippen LogP contribution in [0.5, 0.6) is 5.75 Å². The molecule has 0 spiro atoms. The number of nitrogens with zero attached hydrogens (tertiary/aromatic N) is 4.